The van der Waals surface area contributed by atoms with Crippen molar-refractivity contribution in [2.75, 3.05) is 13.2 Å². The second-order valence-electron chi connectivity index (χ2n) is 3.17. The number of pyridine rings is 1. The van der Waals surface area contributed by atoms with Crippen LogP contribution in [0.4, 0.5) is 0 Å². The van der Waals surface area contributed by atoms with Gasteiger partial charge in [-0.05, 0) is 17.7 Å². The van der Waals surface area contributed by atoms with Crippen molar-refractivity contribution in [1.82, 2.24) is 10.3 Å². The Bertz CT molecular complexity index is 303. The molecule has 5 nitrogen and oxygen atoms in total. The van der Waals surface area contributed by atoms with Crippen LogP contribution in [0.15, 0.2) is 24.5 Å². The van der Waals surface area contributed by atoms with Crippen molar-refractivity contribution >= 4 is 5.91 Å². The first kappa shape index (κ1) is 11.6. The largest absolute Gasteiger partial charge is 0.394 e. The molecule has 0 aliphatic heterocycles. The smallest absolute Gasteiger partial charge is 0.224 e. The van der Waals surface area contributed by atoms with E-state index in [0.717, 1.165) is 5.56 Å². The maximum atomic E-state index is 11.3. The predicted molar refractivity (Wildman–Crippen MR) is 54.0 cm³/mol. The Labute approximate surface area is 87.8 Å². The zero-order valence-electron chi connectivity index (χ0n) is 8.26. The summed E-state index contributed by atoms with van der Waals surface area (Å²) in [5, 5.41) is 20.0. The monoisotopic (exact) mass is 210 g/mol. The Kier molecular flexibility index (Phi) is 4.73. The van der Waals surface area contributed by atoms with Gasteiger partial charge < -0.3 is 15.5 Å². The van der Waals surface area contributed by atoms with Crippen molar-refractivity contribution in [3.63, 3.8) is 0 Å². The number of aromatic nitrogens is 1. The molecule has 3 N–H and O–H groups in total. The van der Waals surface area contributed by atoms with Crippen LogP contribution in [-0.2, 0) is 11.2 Å². The lowest BCUT2D eigenvalue weighted by Gasteiger charge is -2.08. The van der Waals surface area contributed by atoms with Gasteiger partial charge in [-0.25, -0.2) is 0 Å². The van der Waals surface area contributed by atoms with E-state index in [1.165, 1.54) is 0 Å². The van der Waals surface area contributed by atoms with Crippen LogP contribution in [0.3, 0.4) is 0 Å². The molecule has 1 rings (SSSR count). The first-order valence-corrected chi connectivity index (χ1v) is 4.67. The molecule has 0 saturated heterocycles. The molecule has 0 spiro atoms. The Morgan fingerprint density at radius 2 is 2.13 bits per heavy atom. The lowest BCUT2D eigenvalue weighted by molar-refractivity contribution is -0.121. The van der Waals surface area contributed by atoms with E-state index in [2.05, 4.69) is 10.3 Å². The number of carbonyl (C=O) groups excluding carboxylic acids is 1. The minimum atomic E-state index is -0.897. The van der Waals surface area contributed by atoms with Gasteiger partial charge in [0, 0.05) is 18.9 Å². The summed E-state index contributed by atoms with van der Waals surface area (Å²) in [5.41, 5.74) is 0.862. The van der Waals surface area contributed by atoms with Crippen LogP contribution in [0.1, 0.15) is 5.56 Å². The summed E-state index contributed by atoms with van der Waals surface area (Å²) in [4.78, 5) is 15.1. The topological polar surface area (TPSA) is 82.5 Å². The first-order chi connectivity index (χ1) is 7.22. The van der Waals surface area contributed by atoms with Gasteiger partial charge in [-0.1, -0.05) is 0 Å². The van der Waals surface area contributed by atoms with E-state index in [-0.39, 0.29) is 25.5 Å². The molecule has 0 aliphatic carbocycles. The summed E-state index contributed by atoms with van der Waals surface area (Å²) in [6.07, 6.45) is 2.59. The van der Waals surface area contributed by atoms with Gasteiger partial charge in [0.05, 0.1) is 19.1 Å². The number of nitrogens with one attached hydrogen (secondary N) is 1. The summed E-state index contributed by atoms with van der Waals surface area (Å²) < 4.78 is 0. The molecule has 0 aliphatic rings. The van der Waals surface area contributed by atoms with Crippen molar-refractivity contribution in [2.45, 2.75) is 12.5 Å². The van der Waals surface area contributed by atoms with Gasteiger partial charge in [0.2, 0.25) is 5.91 Å². The predicted octanol–water partition coefficient (Wildman–Crippen LogP) is -0.907. The fraction of sp³-hybridized carbons (Fsp3) is 0.400. The van der Waals surface area contributed by atoms with E-state index in [9.17, 15) is 4.79 Å². The van der Waals surface area contributed by atoms with Gasteiger partial charge in [-0.15, -0.1) is 0 Å². The van der Waals surface area contributed by atoms with Crippen LogP contribution in [-0.4, -0.2) is 40.4 Å². The van der Waals surface area contributed by atoms with Crippen LogP contribution in [0, 0.1) is 0 Å². The number of hydrogen-bond acceptors (Lipinski definition) is 4. The van der Waals surface area contributed by atoms with Crippen LogP contribution in [0.2, 0.25) is 0 Å². The second kappa shape index (κ2) is 6.10. The molecule has 1 amide bonds. The normalized spacial score (nSPS) is 12.1. The Hall–Kier alpha value is -1.46. The van der Waals surface area contributed by atoms with E-state index < -0.39 is 6.10 Å². The average molecular weight is 210 g/mol. The lowest BCUT2D eigenvalue weighted by Crippen LogP contribution is -2.34. The molecule has 1 aromatic rings. The van der Waals surface area contributed by atoms with Gasteiger partial charge >= 0.3 is 0 Å². The number of carbonyl (C=O) groups is 1. The van der Waals surface area contributed by atoms with Gasteiger partial charge in [0.1, 0.15) is 0 Å². The fourth-order valence-electron chi connectivity index (χ4n) is 1.04. The van der Waals surface area contributed by atoms with Crippen molar-refractivity contribution in [3.8, 4) is 0 Å². The quantitative estimate of drug-likeness (QED) is 0.588. The third-order valence-electron chi connectivity index (χ3n) is 1.86. The molecule has 15 heavy (non-hydrogen) atoms. The molecular formula is C10H14N2O3. The van der Waals surface area contributed by atoms with E-state index in [0.29, 0.717) is 0 Å². The van der Waals surface area contributed by atoms with E-state index in [1.807, 2.05) is 0 Å². The highest BCUT2D eigenvalue weighted by Gasteiger charge is 2.06. The van der Waals surface area contributed by atoms with E-state index in [4.69, 9.17) is 10.2 Å². The lowest BCUT2D eigenvalue weighted by atomic mass is 10.2. The third kappa shape index (κ3) is 4.53. The zero-order chi connectivity index (χ0) is 11.1. The molecule has 0 bridgehead atoms. The van der Waals surface area contributed by atoms with Crippen LogP contribution in [0.25, 0.3) is 0 Å². The fourth-order valence-corrected chi connectivity index (χ4v) is 1.04. The van der Waals surface area contributed by atoms with Gasteiger partial charge in [0.15, 0.2) is 0 Å². The summed E-state index contributed by atoms with van der Waals surface area (Å²) in [5.74, 6) is -0.186. The van der Waals surface area contributed by atoms with Gasteiger partial charge in [0.25, 0.3) is 0 Å². The molecule has 1 atom stereocenters. The van der Waals surface area contributed by atoms with E-state index >= 15 is 0 Å². The molecular weight excluding hydrogens is 196 g/mol. The van der Waals surface area contributed by atoms with Crippen molar-refractivity contribution in [2.24, 2.45) is 0 Å². The maximum Gasteiger partial charge on any atom is 0.224 e. The number of hydrogen-bond donors (Lipinski definition) is 3. The Balaban J connectivity index is 2.31. The molecule has 0 aromatic carbocycles. The highest BCUT2D eigenvalue weighted by atomic mass is 16.3. The summed E-state index contributed by atoms with van der Waals surface area (Å²) >= 11 is 0. The van der Waals surface area contributed by atoms with Crippen molar-refractivity contribution in [3.05, 3.63) is 30.1 Å². The third-order valence-corrected chi connectivity index (χ3v) is 1.86. The summed E-state index contributed by atoms with van der Waals surface area (Å²) in [6.45, 7) is -0.282. The maximum absolute atomic E-state index is 11.3. The summed E-state index contributed by atoms with van der Waals surface area (Å²) in [7, 11) is 0. The number of rotatable bonds is 5. The number of nitrogens with zero attached hydrogens (tertiary/aromatic N) is 1. The van der Waals surface area contributed by atoms with E-state index in [1.54, 1.807) is 24.5 Å². The first-order valence-electron chi connectivity index (χ1n) is 4.67. The SMILES string of the molecule is O=C(Cc1ccncc1)NCC(O)CO. The van der Waals surface area contributed by atoms with Crippen molar-refractivity contribution < 1.29 is 15.0 Å². The highest BCUT2D eigenvalue weighted by molar-refractivity contribution is 5.78. The Morgan fingerprint density at radius 1 is 1.47 bits per heavy atom. The molecule has 5 heteroatoms. The molecule has 0 saturated carbocycles. The van der Waals surface area contributed by atoms with Gasteiger partial charge in [-0.3, -0.25) is 9.78 Å². The minimum Gasteiger partial charge on any atom is -0.394 e. The summed E-state index contributed by atoms with van der Waals surface area (Å²) in [6, 6.07) is 3.50. The van der Waals surface area contributed by atoms with Crippen LogP contribution < -0.4 is 5.32 Å². The Morgan fingerprint density at radius 3 is 2.73 bits per heavy atom. The molecule has 82 valence electrons. The average Bonchev–Trinajstić information content (AvgIpc) is 2.27. The molecule has 0 radical (unpaired) electrons. The zero-order valence-corrected chi connectivity index (χ0v) is 8.26. The van der Waals surface area contributed by atoms with Crippen LogP contribution >= 0.6 is 0 Å². The molecule has 1 aromatic heterocycles. The standard InChI is InChI=1S/C10H14N2O3/c13-7-9(14)6-12-10(15)5-8-1-3-11-4-2-8/h1-4,9,13-14H,5-7H2,(H,12,15). The number of aliphatic hydroxyl groups is 2. The minimum absolute atomic E-state index is 0.0699. The molecule has 1 heterocycles. The highest BCUT2D eigenvalue weighted by Crippen LogP contribution is 1.96. The molecule has 0 fully saturated rings. The van der Waals surface area contributed by atoms with Crippen LogP contribution in [0.5, 0.6) is 0 Å². The van der Waals surface area contributed by atoms with Gasteiger partial charge in [-0.2, -0.15) is 0 Å². The second-order valence-corrected chi connectivity index (χ2v) is 3.17. The molecule has 1 unspecified atom stereocenters. The number of amides is 1. The number of aliphatic hydroxyl groups excluding tert-OH is 2. The van der Waals surface area contributed by atoms with Crippen molar-refractivity contribution in [1.29, 1.82) is 0 Å².